The molecule has 0 spiro atoms. The number of fused-ring (bicyclic) bond motifs is 7. The van der Waals surface area contributed by atoms with Crippen molar-refractivity contribution in [1.29, 1.82) is 0 Å². The van der Waals surface area contributed by atoms with E-state index in [2.05, 4.69) is 51.6 Å². The van der Waals surface area contributed by atoms with Gasteiger partial charge < -0.3 is 25.1 Å². The first-order valence-corrected chi connectivity index (χ1v) is 16.4. The number of hydrogen-bond acceptors (Lipinski definition) is 7. The van der Waals surface area contributed by atoms with Crippen LogP contribution in [-0.4, -0.2) is 61.0 Å². The number of aliphatic carboxylic acids is 1. The Morgan fingerprint density at radius 3 is 2.33 bits per heavy atom. The zero-order chi connectivity index (χ0) is 32.0. The smallest absolute Gasteiger partial charge is 0.319 e. The normalized spacial score (nSPS) is 42.8. The fourth-order valence-electron chi connectivity index (χ4n) is 10.9. The minimum atomic E-state index is -0.677. The Hall–Kier alpha value is -2.06. The number of esters is 1. The van der Waals surface area contributed by atoms with Crippen molar-refractivity contribution in [3.8, 4) is 0 Å². The van der Waals surface area contributed by atoms with Gasteiger partial charge in [-0.2, -0.15) is 0 Å². The summed E-state index contributed by atoms with van der Waals surface area (Å²) in [7, 11) is 1.65. The molecule has 8 unspecified atom stereocenters. The fraction of sp³-hybridized carbons (Fsp3) is 0.829. The van der Waals surface area contributed by atoms with E-state index in [0.717, 1.165) is 51.4 Å². The van der Waals surface area contributed by atoms with E-state index in [1.54, 1.807) is 7.05 Å². The number of ketones is 1. The van der Waals surface area contributed by atoms with Gasteiger partial charge in [-0.05, 0) is 110 Å². The number of ether oxygens (including phenoxy) is 1. The second-order valence-electron chi connectivity index (χ2n) is 15.9. The quantitative estimate of drug-likeness (QED) is 0.279. The highest BCUT2D eigenvalue weighted by Gasteiger charge is 2.69. The second-order valence-corrected chi connectivity index (χ2v) is 15.9. The average Bonchev–Trinajstić information content (AvgIpc) is 2.93. The van der Waals surface area contributed by atoms with E-state index in [1.807, 2.05) is 6.08 Å². The summed E-state index contributed by atoms with van der Waals surface area (Å²) in [4.78, 5) is 48.4. The third kappa shape index (κ3) is 5.43. The maximum Gasteiger partial charge on any atom is 0.319 e. The summed E-state index contributed by atoms with van der Waals surface area (Å²) in [5.74, 6) is -0.433. The molecule has 5 aliphatic carbocycles. The standard InChI is InChI=1S/C30H44O4.C5H11NO3/c1-26(2)19(17-31)8-11-28(4)23(26)9-12-30(6)24(28)22(32)16-21-20-15-18(25(33)34)7-10-27(20,3)13-14-29(21,30)5;1-6-4-5(8)9-3-2-7/h16-20,23-24H,7-15H2,1-6H3,(H,33,34);6-7H,2-4H2,1H3/t18?,19?,20?,23?,24?,27?,28?,29-,30?;/m1./s1. The third-order valence-corrected chi connectivity index (χ3v) is 13.6. The summed E-state index contributed by atoms with van der Waals surface area (Å²) in [6.45, 7) is 14.2. The van der Waals surface area contributed by atoms with Crippen LogP contribution in [0.5, 0.6) is 0 Å². The van der Waals surface area contributed by atoms with Crippen LogP contribution >= 0.6 is 0 Å². The average molecular weight is 602 g/mol. The third-order valence-electron chi connectivity index (χ3n) is 13.6. The number of carboxylic acids is 1. The molecule has 8 heteroatoms. The van der Waals surface area contributed by atoms with Crippen LogP contribution in [0, 0.1) is 56.7 Å². The van der Waals surface area contributed by atoms with Crippen molar-refractivity contribution in [3.05, 3.63) is 11.6 Å². The van der Waals surface area contributed by atoms with Gasteiger partial charge in [-0.25, -0.2) is 0 Å². The van der Waals surface area contributed by atoms with Crippen LogP contribution in [0.15, 0.2) is 11.6 Å². The Bertz CT molecular complexity index is 1150. The van der Waals surface area contributed by atoms with Gasteiger partial charge in [0.15, 0.2) is 5.78 Å². The Morgan fingerprint density at radius 1 is 1.02 bits per heavy atom. The zero-order valence-corrected chi connectivity index (χ0v) is 27.5. The van der Waals surface area contributed by atoms with Crippen molar-refractivity contribution >= 4 is 24.0 Å². The summed E-state index contributed by atoms with van der Waals surface area (Å²) in [5, 5.41) is 20.6. The topological polar surface area (TPSA) is 130 Å². The van der Waals surface area contributed by atoms with Gasteiger partial charge >= 0.3 is 11.9 Å². The molecule has 0 aromatic carbocycles. The highest BCUT2D eigenvalue weighted by Crippen LogP contribution is 2.75. The Labute approximate surface area is 257 Å². The SMILES string of the molecule is CC12CCC(C(=O)O)CC1C1=CC(=O)C3C4(C)CCC(C=O)C(C)(C)C4CCC3(C)[C@]1(C)CC2.CNCC(=O)OCCO. The fourth-order valence-corrected chi connectivity index (χ4v) is 10.9. The molecule has 9 atom stereocenters. The summed E-state index contributed by atoms with van der Waals surface area (Å²) in [6, 6.07) is 0. The van der Waals surface area contributed by atoms with Gasteiger partial charge in [0.25, 0.3) is 0 Å². The monoisotopic (exact) mass is 601 g/mol. The first kappa shape index (κ1) is 33.8. The molecule has 242 valence electrons. The summed E-state index contributed by atoms with van der Waals surface area (Å²) in [6.07, 6.45) is 11.7. The van der Waals surface area contributed by atoms with Crippen molar-refractivity contribution < 1.29 is 34.1 Å². The lowest BCUT2D eigenvalue weighted by Gasteiger charge is -2.70. The summed E-state index contributed by atoms with van der Waals surface area (Å²) < 4.78 is 4.48. The number of hydrogen-bond donors (Lipinski definition) is 3. The van der Waals surface area contributed by atoms with Gasteiger partial charge in [0, 0.05) is 11.8 Å². The minimum absolute atomic E-state index is 0.0254. The van der Waals surface area contributed by atoms with E-state index in [0.29, 0.717) is 12.3 Å². The van der Waals surface area contributed by atoms with Gasteiger partial charge in [0.1, 0.15) is 12.9 Å². The number of allylic oxidation sites excluding steroid dienone is 2. The van der Waals surface area contributed by atoms with Crippen LogP contribution in [-0.2, 0) is 23.9 Å². The van der Waals surface area contributed by atoms with Crippen LogP contribution in [0.2, 0.25) is 0 Å². The van der Waals surface area contributed by atoms with Gasteiger partial charge in [-0.1, -0.05) is 47.1 Å². The van der Waals surface area contributed by atoms with Crippen molar-refractivity contribution in [3.63, 3.8) is 0 Å². The Balaban J connectivity index is 0.000000410. The summed E-state index contributed by atoms with van der Waals surface area (Å²) >= 11 is 0. The lowest BCUT2D eigenvalue weighted by atomic mass is 9.33. The van der Waals surface area contributed by atoms with Crippen LogP contribution < -0.4 is 5.32 Å². The molecule has 5 aliphatic rings. The molecule has 4 fully saturated rings. The number of likely N-dealkylation sites (N-methyl/N-ethyl adjacent to an activating group) is 1. The van der Waals surface area contributed by atoms with Crippen molar-refractivity contribution in [2.45, 2.75) is 99.3 Å². The van der Waals surface area contributed by atoms with Crippen LogP contribution in [0.25, 0.3) is 0 Å². The molecule has 43 heavy (non-hydrogen) atoms. The van der Waals surface area contributed by atoms with E-state index < -0.39 is 5.97 Å². The number of nitrogens with one attached hydrogen (secondary N) is 1. The van der Waals surface area contributed by atoms with Gasteiger partial charge in [0.05, 0.1) is 19.1 Å². The van der Waals surface area contributed by atoms with Crippen molar-refractivity contribution in [2.75, 3.05) is 26.8 Å². The molecule has 0 bridgehead atoms. The van der Waals surface area contributed by atoms with E-state index in [-0.39, 0.29) is 82.3 Å². The molecule has 0 aromatic heterocycles. The van der Waals surface area contributed by atoms with E-state index in [9.17, 15) is 24.3 Å². The maximum atomic E-state index is 14.2. The first-order chi connectivity index (χ1) is 20.1. The summed E-state index contributed by atoms with van der Waals surface area (Å²) in [5.41, 5.74) is 0.987. The lowest BCUT2D eigenvalue weighted by molar-refractivity contribution is -0.191. The number of rotatable bonds is 6. The van der Waals surface area contributed by atoms with Gasteiger partial charge in [-0.15, -0.1) is 0 Å². The van der Waals surface area contributed by atoms with Crippen LogP contribution in [0.3, 0.4) is 0 Å². The largest absolute Gasteiger partial charge is 0.481 e. The highest BCUT2D eigenvalue weighted by atomic mass is 16.5. The molecule has 0 radical (unpaired) electrons. The van der Waals surface area contributed by atoms with E-state index in [1.165, 1.54) is 11.9 Å². The lowest BCUT2D eigenvalue weighted by Crippen LogP contribution is -2.66. The highest BCUT2D eigenvalue weighted by molar-refractivity contribution is 5.95. The molecule has 0 amide bonds. The molecule has 0 saturated heterocycles. The second kappa shape index (κ2) is 12.0. The number of aliphatic hydroxyl groups is 1. The van der Waals surface area contributed by atoms with Crippen molar-refractivity contribution in [2.24, 2.45) is 56.7 Å². The van der Waals surface area contributed by atoms with E-state index >= 15 is 0 Å². The van der Waals surface area contributed by atoms with Crippen LogP contribution in [0.4, 0.5) is 0 Å². The molecule has 4 saturated carbocycles. The van der Waals surface area contributed by atoms with Gasteiger partial charge in [0.2, 0.25) is 0 Å². The number of carbonyl (C=O) groups excluding carboxylic acids is 3. The molecule has 3 N–H and O–H groups in total. The number of aliphatic hydroxyl groups excluding tert-OH is 1. The molecule has 8 nitrogen and oxygen atoms in total. The van der Waals surface area contributed by atoms with Crippen molar-refractivity contribution in [1.82, 2.24) is 5.32 Å². The molecular formula is C35H55NO7. The molecule has 5 rings (SSSR count). The van der Waals surface area contributed by atoms with Gasteiger partial charge in [-0.3, -0.25) is 14.4 Å². The Morgan fingerprint density at radius 2 is 1.72 bits per heavy atom. The Kier molecular flexibility index (Phi) is 9.47. The molecule has 0 heterocycles. The number of carboxylic acid groups (broad SMARTS) is 1. The van der Waals surface area contributed by atoms with Crippen LogP contribution in [0.1, 0.15) is 99.3 Å². The number of aldehydes is 1. The molecule has 0 aliphatic heterocycles. The number of carbonyl (C=O) groups is 4. The molecular weight excluding hydrogens is 546 g/mol. The van der Waals surface area contributed by atoms with E-state index in [4.69, 9.17) is 5.11 Å². The molecule has 0 aromatic rings. The minimum Gasteiger partial charge on any atom is -0.481 e. The zero-order valence-electron chi connectivity index (χ0n) is 27.5. The first-order valence-electron chi connectivity index (χ1n) is 16.4. The predicted molar refractivity (Wildman–Crippen MR) is 164 cm³/mol. The maximum absolute atomic E-state index is 14.2. The predicted octanol–water partition coefficient (Wildman–Crippen LogP) is 5.22.